The Morgan fingerprint density at radius 3 is 2.06 bits per heavy atom. The van der Waals surface area contributed by atoms with Gasteiger partial charge in [-0.2, -0.15) is 0 Å². The topological polar surface area (TPSA) is 55.5 Å². The van der Waals surface area contributed by atoms with E-state index in [2.05, 4.69) is 33.8 Å². The predicted octanol–water partition coefficient (Wildman–Crippen LogP) is 1.51. The molecule has 0 amide bonds. The lowest BCUT2D eigenvalue weighted by Gasteiger charge is -2.47. The van der Waals surface area contributed by atoms with E-state index < -0.39 is 6.10 Å². The summed E-state index contributed by atoms with van der Waals surface area (Å²) in [6, 6.07) is 2.20. The van der Waals surface area contributed by atoms with E-state index in [-0.39, 0.29) is 12.0 Å². The van der Waals surface area contributed by atoms with E-state index >= 15 is 0 Å². The molecule has 1 aliphatic heterocycles. The van der Waals surface area contributed by atoms with Crippen molar-refractivity contribution in [2.45, 2.75) is 39.2 Å². The minimum atomic E-state index is -0.537. The third-order valence-electron chi connectivity index (χ3n) is 4.44. The summed E-state index contributed by atoms with van der Waals surface area (Å²) >= 11 is 0. The molecule has 3 heteroatoms. The average Bonchev–Trinajstić information content (AvgIpc) is 2.29. The van der Waals surface area contributed by atoms with E-state index in [1.165, 1.54) is 27.8 Å². The van der Waals surface area contributed by atoms with E-state index in [9.17, 15) is 5.11 Å². The molecule has 0 saturated carbocycles. The number of aliphatic hydroxyl groups is 1. The average molecular weight is 249 g/mol. The van der Waals surface area contributed by atoms with Crippen molar-refractivity contribution in [1.82, 2.24) is 0 Å². The van der Waals surface area contributed by atoms with Gasteiger partial charge in [0.1, 0.15) is 0 Å². The first-order valence-corrected chi connectivity index (χ1v) is 6.48. The van der Waals surface area contributed by atoms with Gasteiger partial charge in [0.2, 0.25) is 0 Å². The molecule has 0 aliphatic carbocycles. The highest BCUT2D eigenvalue weighted by Gasteiger charge is 2.48. The number of benzene rings is 1. The summed E-state index contributed by atoms with van der Waals surface area (Å²) in [5.74, 6) is 0. The van der Waals surface area contributed by atoms with Gasteiger partial charge in [0.05, 0.1) is 24.7 Å². The van der Waals surface area contributed by atoms with Gasteiger partial charge in [-0.05, 0) is 55.5 Å². The van der Waals surface area contributed by atoms with E-state index in [4.69, 9.17) is 10.5 Å². The minimum Gasteiger partial charge on any atom is -0.391 e. The van der Waals surface area contributed by atoms with E-state index in [0.717, 1.165) is 0 Å². The Bertz CT molecular complexity index is 438. The van der Waals surface area contributed by atoms with Crippen molar-refractivity contribution in [2.75, 3.05) is 19.8 Å². The fourth-order valence-electron chi connectivity index (χ4n) is 3.01. The second kappa shape index (κ2) is 4.65. The van der Waals surface area contributed by atoms with Gasteiger partial charge in [-0.25, -0.2) is 0 Å². The van der Waals surface area contributed by atoms with E-state index in [1.807, 2.05) is 0 Å². The first kappa shape index (κ1) is 13.5. The van der Waals surface area contributed by atoms with Crippen LogP contribution in [0.3, 0.4) is 0 Å². The zero-order valence-corrected chi connectivity index (χ0v) is 11.7. The largest absolute Gasteiger partial charge is 0.391 e. The van der Waals surface area contributed by atoms with Gasteiger partial charge in [0.15, 0.2) is 0 Å². The van der Waals surface area contributed by atoms with Gasteiger partial charge in [-0.3, -0.25) is 0 Å². The van der Waals surface area contributed by atoms with Gasteiger partial charge in [0.25, 0.3) is 0 Å². The summed E-state index contributed by atoms with van der Waals surface area (Å²) in [6.45, 7) is 9.89. The first-order valence-electron chi connectivity index (χ1n) is 6.48. The van der Waals surface area contributed by atoms with Crippen LogP contribution in [-0.4, -0.2) is 31.0 Å². The Balaban J connectivity index is 2.62. The highest BCUT2D eigenvalue weighted by Crippen LogP contribution is 2.41. The second-order valence-electron chi connectivity index (χ2n) is 5.54. The molecule has 1 aliphatic rings. The zero-order valence-electron chi connectivity index (χ0n) is 11.7. The van der Waals surface area contributed by atoms with E-state index in [0.29, 0.717) is 13.2 Å². The molecule has 1 aromatic rings. The Labute approximate surface area is 109 Å². The smallest absolute Gasteiger partial charge is 0.0803 e. The maximum absolute atomic E-state index is 10.3. The Morgan fingerprint density at radius 2 is 1.72 bits per heavy atom. The molecule has 1 saturated heterocycles. The van der Waals surface area contributed by atoms with Crippen molar-refractivity contribution in [1.29, 1.82) is 0 Å². The van der Waals surface area contributed by atoms with Crippen molar-refractivity contribution < 1.29 is 9.84 Å². The third-order valence-corrected chi connectivity index (χ3v) is 4.44. The lowest BCUT2D eigenvalue weighted by molar-refractivity contribution is -0.117. The molecule has 1 fully saturated rings. The standard InChI is InChI=1S/C15H23NO2/c1-9-5-10(2)12(4)14(11(9)3)15(7-18-8-15)13(17)6-16/h5,13,17H,6-8,16H2,1-4H3. The van der Waals surface area contributed by atoms with Gasteiger partial charge in [-0.15, -0.1) is 0 Å². The summed E-state index contributed by atoms with van der Waals surface area (Å²) < 4.78 is 5.39. The zero-order chi connectivity index (χ0) is 13.5. The number of aliphatic hydroxyl groups excluding tert-OH is 1. The van der Waals surface area contributed by atoms with Gasteiger partial charge in [0, 0.05) is 6.54 Å². The quantitative estimate of drug-likeness (QED) is 0.853. The highest BCUT2D eigenvalue weighted by molar-refractivity contribution is 5.50. The molecule has 3 N–H and O–H groups in total. The Hall–Kier alpha value is -0.900. The van der Waals surface area contributed by atoms with Crippen LogP contribution in [0.5, 0.6) is 0 Å². The van der Waals surface area contributed by atoms with Gasteiger partial charge >= 0.3 is 0 Å². The first-order chi connectivity index (χ1) is 8.44. The maximum Gasteiger partial charge on any atom is 0.0803 e. The number of hydrogen-bond acceptors (Lipinski definition) is 3. The predicted molar refractivity (Wildman–Crippen MR) is 72.9 cm³/mol. The van der Waals surface area contributed by atoms with Crippen molar-refractivity contribution in [3.8, 4) is 0 Å². The summed E-state index contributed by atoms with van der Waals surface area (Å²) in [6.07, 6.45) is -0.537. The normalized spacial score (nSPS) is 19.4. The minimum absolute atomic E-state index is 0.273. The van der Waals surface area contributed by atoms with Gasteiger partial charge in [-0.1, -0.05) is 6.07 Å². The van der Waals surface area contributed by atoms with Crippen molar-refractivity contribution in [2.24, 2.45) is 5.73 Å². The van der Waals surface area contributed by atoms with Crippen LogP contribution in [0.1, 0.15) is 27.8 Å². The van der Waals surface area contributed by atoms with Crippen molar-refractivity contribution >= 4 is 0 Å². The molecular formula is C15H23NO2. The lowest BCUT2D eigenvalue weighted by atomic mass is 9.69. The van der Waals surface area contributed by atoms with Gasteiger partial charge < -0.3 is 15.6 Å². The molecule has 2 rings (SSSR count). The molecule has 0 bridgehead atoms. The molecular weight excluding hydrogens is 226 g/mol. The molecule has 0 radical (unpaired) electrons. The monoisotopic (exact) mass is 249 g/mol. The summed E-state index contributed by atoms with van der Waals surface area (Å²) in [7, 11) is 0. The molecule has 1 unspecified atom stereocenters. The Kier molecular flexibility index (Phi) is 3.49. The molecule has 18 heavy (non-hydrogen) atoms. The van der Waals surface area contributed by atoms with Crippen LogP contribution in [0.4, 0.5) is 0 Å². The number of hydrogen-bond donors (Lipinski definition) is 2. The van der Waals surface area contributed by atoms with Crippen LogP contribution in [0.15, 0.2) is 6.07 Å². The molecule has 100 valence electrons. The van der Waals surface area contributed by atoms with Crippen LogP contribution >= 0.6 is 0 Å². The maximum atomic E-state index is 10.3. The fraction of sp³-hybridized carbons (Fsp3) is 0.600. The van der Waals surface area contributed by atoms with Crippen molar-refractivity contribution in [3.63, 3.8) is 0 Å². The molecule has 0 aromatic heterocycles. The highest BCUT2D eigenvalue weighted by atomic mass is 16.5. The molecule has 1 atom stereocenters. The third kappa shape index (κ3) is 1.78. The van der Waals surface area contributed by atoms with Crippen LogP contribution in [-0.2, 0) is 10.2 Å². The molecule has 0 spiro atoms. The number of rotatable bonds is 3. The molecule has 3 nitrogen and oxygen atoms in total. The SMILES string of the molecule is Cc1cc(C)c(C)c(C2(C(O)CN)COC2)c1C. The molecule has 1 heterocycles. The Morgan fingerprint density at radius 1 is 1.22 bits per heavy atom. The summed E-state index contributed by atoms with van der Waals surface area (Å²) in [4.78, 5) is 0. The second-order valence-corrected chi connectivity index (χ2v) is 5.54. The van der Waals surface area contributed by atoms with Crippen LogP contribution in [0.25, 0.3) is 0 Å². The van der Waals surface area contributed by atoms with Crippen LogP contribution in [0.2, 0.25) is 0 Å². The number of aryl methyl sites for hydroxylation is 2. The van der Waals surface area contributed by atoms with Crippen LogP contribution in [0, 0.1) is 27.7 Å². The van der Waals surface area contributed by atoms with Crippen molar-refractivity contribution in [3.05, 3.63) is 33.9 Å². The lowest BCUT2D eigenvalue weighted by Crippen LogP contribution is -2.58. The van der Waals surface area contributed by atoms with Crippen LogP contribution < -0.4 is 5.73 Å². The molecule has 1 aromatic carbocycles. The summed E-state index contributed by atoms with van der Waals surface area (Å²) in [5.41, 5.74) is 11.7. The van der Waals surface area contributed by atoms with E-state index in [1.54, 1.807) is 0 Å². The number of nitrogens with two attached hydrogens (primary N) is 1. The summed E-state index contributed by atoms with van der Waals surface area (Å²) in [5, 5.41) is 10.3. The number of ether oxygens (including phenoxy) is 1. The fourth-order valence-corrected chi connectivity index (χ4v) is 3.01.